The minimum Gasteiger partial charge on any atom is -0.508 e. The number of rotatable bonds is 10. The van der Waals surface area contributed by atoms with Gasteiger partial charge >= 0.3 is 6.03 Å². The van der Waals surface area contributed by atoms with E-state index in [1.54, 1.807) is 46.2 Å². The number of nitrogens with zero attached hydrogens (tertiary/aromatic N) is 4. The first-order valence-electron chi connectivity index (χ1n) is 14.2. The van der Waals surface area contributed by atoms with Crippen LogP contribution in [0, 0.1) is 0 Å². The van der Waals surface area contributed by atoms with E-state index in [1.807, 2.05) is 66.5 Å². The maximum atomic E-state index is 14.0. The molecule has 0 aliphatic carbocycles. The molecule has 10 nitrogen and oxygen atoms in total. The number of phenolic OH excluding ortho intramolecular Hbond substituents is 1. The Hall–Kier alpha value is -4.57. The summed E-state index contributed by atoms with van der Waals surface area (Å²) in [4.78, 5) is 44.4. The topological polar surface area (TPSA) is 106 Å². The van der Waals surface area contributed by atoms with Crippen LogP contribution in [0.5, 0.6) is 11.5 Å². The van der Waals surface area contributed by atoms with Crippen LogP contribution in [0.15, 0.2) is 78.9 Å². The first-order valence-corrected chi connectivity index (χ1v) is 14.2. The molecular formula is C32H37N5O5. The quantitative estimate of drug-likeness (QED) is 0.387. The van der Waals surface area contributed by atoms with Crippen LogP contribution < -0.4 is 10.1 Å². The number of methoxy groups -OCH3 is 1. The molecule has 3 aromatic rings. The van der Waals surface area contributed by atoms with Crippen molar-refractivity contribution in [3.63, 3.8) is 0 Å². The fraction of sp³-hybridized carbons (Fsp3) is 0.344. The first-order chi connectivity index (χ1) is 20.4. The highest BCUT2D eigenvalue weighted by Gasteiger charge is 2.52. The Labute approximate surface area is 246 Å². The highest BCUT2D eigenvalue weighted by Crippen LogP contribution is 2.31. The Morgan fingerprint density at radius 2 is 1.67 bits per heavy atom. The first kappa shape index (κ1) is 28.9. The lowest BCUT2D eigenvalue weighted by molar-refractivity contribution is -0.157. The molecule has 2 atom stereocenters. The molecule has 4 amide bonds. The second-order valence-electron chi connectivity index (χ2n) is 10.6. The smallest absolute Gasteiger partial charge is 0.332 e. The fourth-order valence-corrected chi connectivity index (χ4v) is 5.62. The van der Waals surface area contributed by atoms with E-state index in [0.29, 0.717) is 32.5 Å². The maximum Gasteiger partial charge on any atom is 0.332 e. The molecular weight excluding hydrogens is 534 g/mol. The SMILES string of the molecule is CCCN(C(=O)NCc1ccccc1)N1CC(=O)N2C1CN(Cc1ccc(OC)cc1)C(=O)[C@@H]2Cc1ccc(O)cc1. The molecule has 0 spiro atoms. The van der Waals surface area contributed by atoms with Crippen molar-refractivity contribution in [3.8, 4) is 11.5 Å². The van der Waals surface area contributed by atoms with E-state index in [9.17, 15) is 19.5 Å². The number of piperazine rings is 1. The Morgan fingerprint density at radius 3 is 2.33 bits per heavy atom. The van der Waals surface area contributed by atoms with Crippen LogP contribution in [-0.2, 0) is 29.1 Å². The number of aromatic hydroxyl groups is 1. The molecule has 5 rings (SSSR count). The van der Waals surface area contributed by atoms with Gasteiger partial charge in [-0.3, -0.25) is 14.6 Å². The predicted octanol–water partition coefficient (Wildman–Crippen LogP) is 3.36. The number of hydrazine groups is 1. The zero-order valence-electron chi connectivity index (χ0n) is 24.0. The van der Waals surface area contributed by atoms with Crippen molar-refractivity contribution in [2.24, 2.45) is 0 Å². The van der Waals surface area contributed by atoms with Crippen LogP contribution in [0.4, 0.5) is 4.79 Å². The molecule has 0 radical (unpaired) electrons. The molecule has 0 aromatic heterocycles. The number of amides is 4. The van der Waals surface area contributed by atoms with Crippen LogP contribution >= 0.6 is 0 Å². The molecule has 2 N–H and O–H groups in total. The third-order valence-electron chi connectivity index (χ3n) is 7.73. The number of carbonyl (C=O) groups excluding carboxylic acids is 3. The van der Waals surface area contributed by atoms with Gasteiger partial charge in [-0.1, -0.05) is 61.5 Å². The molecule has 0 saturated carbocycles. The van der Waals surface area contributed by atoms with Gasteiger partial charge in [0.25, 0.3) is 0 Å². The normalized spacial score (nSPS) is 18.6. The molecule has 10 heteroatoms. The fourth-order valence-electron chi connectivity index (χ4n) is 5.62. The highest BCUT2D eigenvalue weighted by atomic mass is 16.5. The van der Waals surface area contributed by atoms with E-state index >= 15 is 0 Å². The number of hydrogen-bond donors (Lipinski definition) is 2. The van der Waals surface area contributed by atoms with Gasteiger partial charge in [0.1, 0.15) is 23.7 Å². The zero-order chi connectivity index (χ0) is 29.6. The second kappa shape index (κ2) is 12.9. The molecule has 0 bridgehead atoms. The lowest BCUT2D eigenvalue weighted by Crippen LogP contribution is -2.66. The van der Waals surface area contributed by atoms with E-state index < -0.39 is 12.2 Å². The molecule has 2 aliphatic heterocycles. The van der Waals surface area contributed by atoms with Crippen LogP contribution in [0.25, 0.3) is 0 Å². The number of carbonyl (C=O) groups is 3. The van der Waals surface area contributed by atoms with E-state index in [4.69, 9.17) is 4.74 Å². The molecule has 2 saturated heterocycles. The standard InChI is InChI=1S/C32H37N5O5/c1-3-17-35(32(41)33-19-24-7-5-4-6-8-24)36-22-30(39)37-28(18-23-9-13-26(38)14-10-23)31(40)34(21-29(36)37)20-25-11-15-27(42-2)16-12-25/h4-16,28-29,38H,3,17-22H2,1-2H3,(H,33,41)/t28-,29?/m0/s1. The van der Waals surface area contributed by atoms with E-state index in [1.165, 1.54) is 0 Å². The Morgan fingerprint density at radius 1 is 0.976 bits per heavy atom. The maximum absolute atomic E-state index is 14.0. The minimum atomic E-state index is -0.750. The van der Waals surface area contributed by atoms with Gasteiger partial charge in [-0.15, -0.1) is 0 Å². The van der Waals surface area contributed by atoms with Crippen molar-refractivity contribution in [3.05, 3.63) is 95.6 Å². The largest absolute Gasteiger partial charge is 0.508 e. The van der Waals surface area contributed by atoms with Gasteiger partial charge in [-0.05, 0) is 47.4 Å². The third-order valence-corrected chi connectivity index (χ3v) is 7.73. The average Bonchev–Trinajstić information content (AvgIpc) is 3.33. The summed E-state index contributed by atoms with van der Waals surface area (Å²) >= 11 is 0. The summed E-state index contributed by atoms with van der Waals surface area (Å²) in [5.41, 5.74) is 2.74. The summed E-state index contributed by atoms with van der Waals surface area (Å²) in [5.74, 6) is 0.511. The van der Waals surface area contributed by atoms with Gasteiger partial charge in [0.05, 0.1) is 20.2 Å². The lowest BCUT2D eigenvalue weighted by atomic mass is 10.00. The predicted molar refractivity (Wildman–Crippen MR) is 157 cm³/mol. The van der Waals surface area contributed by atoms with Crippen molar-refractivity contribution in [2.75, 3.05) is 26.7 Å². The van der Waals surface area contributed by atoms with Crippen LogP contribution in [0.3, 0.4) is 0 Å². The third kappa shape index (κ3) is 6.33. The van der Waals surface area contributed by atoms with E-state index in [0.717, 1.165) is 22.4 Å². The van der Waals surface area contributed by atoms with Crippen LogP contribution in [0.2, 0.25) is 0 Å². The van der Waals surface area contributed by atoms with Gasteiger partial charge in [0.2, 0.25) is 11.8 Å². The number of nitrogens with one attached hydrogen (secondary N) is 1. The molecule has 1 unspecified atom stereocenters. The Kier molecular flexibility index (Phi) is 8.92. The Bertz CT molecular complexity index is 1380. The zero-order valence-corrected chi connectivity index (χ0v) is 24.0. The van der Waals surface area contributed by atoms with Gasteiger partial charge in [0, 0.05) is 26.1 Å². The van der Waals surface area contributed by atoms with Crippen molar-refractivity contribution < 1.29 is 24.2 Å². The van der Waals surface area contributed by atoms with Gasteiger partial charge < -0.3 is 25.0 Å². The number of urea groups is 1. The summed E-state index contributed by atoms with van der Waals surface area (Å²) < 4.78 is 5.28. The summed E-state index contributed by atoms with van der Waals surface area (Å²) in [6.45, 7) is 3.39. The number of ether oxygens (including phenoxy) is 1. The van der Waals surface area contributed by atoms with Crippen molar-refractivity contribution in [1.29, 1.82) is 0 Å². The van der Waals surface area contributed by atoms with Gasteiger partial charge in [-0.2, -0.15) is 5.01 Å². The van der Waals surface area contributed by atoms with E-state index in [-0.39, 0.29) is 36.7 Å². The van der Waals surface area contributed by atoms with Crippen molar-refractivity contribution in [1.82, 2.24) is 25.1 Å². The summed E-state index contributed by atoms with van der Waals surface area (Å²) in [5, 5.41) is 16.2. The Balaban J connectivity index is 1.42. The second-order valence-corrected chi connectivity index (χ2v) is 10.6. The van der Waals surface area contributed by atoms with Gasteiger partial charge in [0.15, 0.2) is 0 Å². The number of phenols is 1. The van der Waals surface area contributed by atoms with Gasteiger partial charge in [-0.25, -0.2) is 4.79 Å². The average molecular weight is 572 g/mol. The molecule has 2 aliphatic rings. The summed E-state index contributed by atoms with van der Waals surface area (Å²) in [6, 6.07) is 22.9. The monoisotopic (exact) mass is 571 g/mol. The van der Waals surface area contributed by atoms with Crippen molar-refractivity contribution >= 4 is 17.8 Å². The summed E-state index contributed by atoms with van der Waals surface area (Å²) in [6.07, 6.45) is 0.480. The van der Waals surface area contributed by atoms with E-state index in [2.05, 4.69) is 5.32 Å². The van der Waals surface area contributed by atoms with Crippen LogP contribution in [0.1, 0.15) is 30.0 Å². The highest BCUT2D eigenvalue weighted by molar-refractivity contribution is 5.91. The molecule has 42 heavy (non-hydrogen) atoms. The van der Waals surface area contributed by atoms with Crippen molar-refractivity contribution in [2.45, 2.75) is 45.1 Å². The molecule has 220 valence electrons. The molecule has 2 fully saturated rings. The minimum absolute atomic E-state index is 0.000836. The number of benzene rings is 3. The molecule has 2 heterocycles. The number of hydrogen-bond acceptors (Lipinski definition) is 6. The summed E-state index contributed by atoms with van der Waals surface area (Å²) in [7, 11) is 1.61. The molecule has 3 aromatic carbocycles. The van der Waals surface area contributed by atoms with Crippen LogP contribution in [-0.4, -0.2) is 81.7 Å². The lowest BCUT2D eigenvalue weighted by Gasteiger charge is -2.46. The number of fused-ring (bicyclic) bond motifs is 1.